The Bertz CT molecular complexity index is 547. The summed E-state index contributed by atoms with van der Waals surface area (Å²) in [5.41, 5.74) is 21.3. The maximum atomic E-state index is 12.4. The fraction of sp³-hybridized carbons (Fsp3) is 0.688. The molecule has 0 saturated carbocycles. The van der Waals surface area contributed by atoms with Gasteiger partial charge in [0.15, 0.2) is 5.96 Å². The highest BCUT2D eigenvalue weighted by molar-refractivity contribution is 5.91. The second-order valence-corrected chi connectivity index (χ2v) is 6.67. The molecule has 0 aromatic carbocycles. The normalized spacial score (nSPS) is 13.9. The third kappa shape index (κ3) is 11.5. The van der Waals surface area contributed by atoms with Crippen LogP contribution in [0.15, 0.2) is 4.99 Å². The molecule has 0 unspecified atom stereocenters. The number of nitrogens with one attached hydrogen (secondary N) is 2. The molecule has 0 aliphatic heterocycles. The highest BCUT2D eigenvalue weighted by Crippen LogP contribution is 2.07. The zero-order valence-electron chi connectivity index (χ0n) is 15.8. The first-order valence-electron chi connectivity index (χ1n) is 8.72. The molecule has 0 heterocycles. The van der Waals surface area contributed by atoms with Crippen molar-refractivity contribution in [3.05, 3.63) is 0 Å². The first-order chi connectivity index (χ1) is 12.6. The van der Waals surface area contributed by atoms with Crippen LogP contribution in [-0.2, 0) is 19.2 Å². The third-order valence-electron chi connectivity index (χ3n) is 3.56. The minimum atomic E-state index is -1.05. The summed E-state index contributed by atoms with van der Waals surface area (Å²) in [7, 11) is 0. The molecule has 11 heteroatoms. The second-order valence-electron chi connectivity index (χ2n) is 6.67. The van der Waals surface area contributed by atoms with Crippen LogP contribution in [0.4, 0.5) is 0 Å². The molecule has 3 amide bonds. The number of carbonyl (C=O) groups is 4. The van der Waals surface area contributed by atoms with Crippen LogP contribution in [0.1, 0.15) is 39.5 Å². The van der Waals surface area contributed by atoms with Gasteiger partial charge in [0.1, 0.15) is 12.3 Å². The molecular weight excluding hydrogens is 354 g/mol. The predicted molar refractivity (Wildman–Crippen MR) is 101 cm³/mol. The SMILES string of the molecule is CC(C)C[C@H](NC(=O)[C@@H](N)CCCN=C(N)N)C(=O)N[C@H](C=O)CC(N)=O. The van der Waals surface area contributed by atoms with Crippen LogP contribution < -0.4 is 33.6 Å². The highest BCUT2D eigenvalue weighted by atomic mass is 16.2. The van der Waals surface area contributed by atoms with E-state index in [1.165, 1.54) is 0 Å². The number of nitrogens with two attached hydrogens (primary N) is 4. The molecule has 0 aliphatic carbocycles. The summed E-state index contributed by atoms with van der Waals surface area (Å²) < 4.78 is 0. The monoisotopic (exact) mass is 385 g/mol. The minimum absolute atomic E-state index is 0.0395. The first kappa shape index (κ1) is 24.3. The van der Waals surface area contributed by atoms with Crippen molar-refractivity contribution in [3.8, 4) is 0 Å². The summed E-state index contributed by atoms with van der Waals surface area (Å²) in [5.74, 6) is -1.76. The van der Waals surface area contributed by atoms with Gasteiger partial charge in [-0.15, -0.1) is 0 Å². The number of amides is 3. The molecule has 0 saturated heterocycles. The van der Waals surface area contributed by atoms with E-state index in [4.69, 9.17) is 22.9 Å². The number of hydrogen-bond donors (Lipinski definition) is 6. The van der Waals surface area contributed by atoms with Gasteiger partial charge in [-0.25, -0.2) is 0 Å². The molecule has 3 atom stereocenters. The van der Waals surface area contributed by atoms with Gasteiger partial charge in [0.25, 0.3) is 0 Å². The third-order valence-corrected chi connectivity index (χ3v) is 3.56. The quantitative estimate of drug-likeness (QED) is 0.0864. The largest absolute Gasteiger partial charge is 0.370 e. The van der Waals surface area contributed by atoms with E-state index >= 15 is 0 Å². The van der Waals surface area contributed by atoms with Crippen LogP contribution in [0.5, 0.6) is 0 Å². The smallest absolute Gasteiger partial charge is 0.243 e. The fourth-order valence-corrected chi connectivity index (χ4v) is 2.27. The van der Waals surface area contributed by atoms with Crippen LogP contribution in [0.25, 0.3) is 0 Å². The lowest BCUT2D eigenvalue weighted by Crippen LogP contribution is -2.54. The Hall–Kier alpha value is -2.69. The van der Waals surface area contributed by atoms with Crippen LogP contribution >= 0.6 is 0 Å². The summed E-state index contributed by atoms with van der Waals surface area (Å²) in [6.45, 7) is 4.10. The molecule has 0 aromatic rings. The van der Waals surface area contributed by atoms with Gasteiger partial charge in [-0.2, -0.15) is 0 Å². The molecule has 11 nitrogen and oxygen atoms in total. The Labute approximate surface area is 158 Å². The van der Waals surface area contributed by atoms with Crippen molar-refractivity contribution in [1.29, 1.82) is 0 Å². The van der Waals surface area contributed by atoms with Gasteiger partial charge < -0.3 is 38.4 Å². The molecule has 0 aliphatic rings. The first-order valence-corrected chi connectivity index (χ1v) is 8.72. The van der Waals surface area contributed by atoms with Crippen LogP contribution in [-0.4, -0.2) is 54.6 Å². The molecule has 27 heavy (non-hydrogen) atoms. The number of rotatable bonds is 13. The summed E-state index contributed by atoms with van der Waals surface area (Å²) in [5, 5.41) is 4.99. The summed E-state index contributed by atoms with van der Waals surface area (Å²) in [6.07, 6.45) is 1.27. The standard InChI is InChI=1S/C16H31N7O4/c1-9(2)6-12(15(27)22-10(8-24)7-13(18)25)23-14(26)11(17)4-3-5-21-16(19)20/h8-12H,3-7,17H2,1-2H3,(H2,18,25)(H,22,27)(H,23,26)(H4,19,20,21)/t10-,11-,12-/m0/s1. The maximum absolute atomic E-state index is 12.4. The van der Waals surface area contributed by atoms with Gasteiger partial charge in [0, 0.05) is 6.54 Å². The van der Waals surface area contributed by atoms with Crippen molar-refractivity contribution in [2.75, 3.05) is 6.54 Å². The summed E-state index contributed by atoms with van der Waals surface area (Å²) in [6, 6.07) is -2.78. The molecule has 0 aromatic heterocycles. The predicted octanol–water partition coefficient (Wildman–Crippen LogP) is -2.54. The molecule has 0 rings (SSSR count). The van der Waals surface area contributed by atoms with Crippen molar-refractivity contribution in [2.45, 2.75) is 57.7 Å². The molecule has 10 N–H and O–H groups in total. The second kappa shape index (κ2) is 12.6. The van der Waals surface area contributed by atoms with Gasteiger partial charge in [-0.1, -0.05) is 13.8 Å². The van der Waals surface area contributed by atoms with Gasteiger partial charge in [0.2, 0.25) is 17.7 Å². The van der Waals surface area contributed by atoms with E-state index in [1.54, 1.807) is 0 Å². The zero-order chi connectivity index (χ0) is 21.0. The van der Waals surface area contributed by atoms with E-state index in [0.29, 0.717) is 32.1 Å². The van der Waals surface area contributed by atoms with Crippen LogP contribution in [0.3, 0.4) is 0 Å². The summed E-state index contributed by atoms with van der Waals surface area (Å²) in [4.78, 5) is 50.4. The van der Waals surface area contributed by atoms with E-state index in [9.17, 15) is 19.2 Å². The molecule has 154 valence electrons. The Kier molecular flexibility index (Phi) is 11.4. The lowest BCUT2D eigenvalue weighted by molar-refractivity contribution is -0.131. The Morgan fingerprint density at radius 3 is 2.19 bits per heavy atom. The topological polar surface area (TPSA) is 209 Å². The zero-order valence-corrected chi connectivity index (χ0v) is 15.8. The van der Waals surface area contributed by atoms with Gasteiger partial charge >= 0.3 is 0 Å². The number of hydrogen-bond acceptors (Lipinski definition) is 6. The van der Waals surface area contributed by atoms with Gasteiger partial charge in [0.05, 0.1) is 18.5 Å². The molecule has 0 fully saturated rings. The van der Waals surface area contributed by atoms with E-state index < -0.39 is 35.8 Å². The number of carbonyl (C=O) groups excluding carboxylic acids is 4. The van der Waals surface area contributed by atoms with E-state index in [0.717, 1.165) is 0 Å². The van der Waals surface area contributed by atoms with Crippen molar-refractivity contribution in [3.63, 3.8) is 0 Å². The lowest BCUT2D eigenvalue weighted by atomic mass is 10.0. The van der Waals surface area contributed by atoms with Gasteiger partial charge in [-0.3, -0.25) is 19.4 Å². The fourth-order valence-electron chi connectivity index (χ4n) is 2.27. The molecular formula is C16H31N7O4. The Balaban J connectivity index is 4.80. The average Bonchev–Trinajstić information content (AvgIpc) is 2.55. The number of aldehydes is 1. The van der Waals surface area contributed by atoms with E-state index in [2.05, 4.69) is 15.6 Å². The number of nitrogens with zero attached hydrogens (tertiary/aromatic N) is 1. The van der Waals surface area contributed by atoms with Crippen LogP contribution in [0, 0.1) is 5.92 Å². The maximum Gasteiger partial charge on any atom is 0.243 e. The average molecular weight is 385 g/mol. The van der Waals surface area contributed by atoms with Crippen molar-refractivity contribution >= 4 is 30.0 Å². The van der Waals surface area contributed by atoms with E-state index in [1.807, 2.05) is 13.8 Å². The number of aliphatic imine (C=N–C) groups is 1. The van der Waals surface area contributed by atoms with Crippen molar-refractivity contribution in [2.24, 2.45) is 33.8 Å². The minimum Gasteiger partial charge on any atom is -0.370 e. The lowest BCUT2D eigenvalue weighted by Gasteiger charge is -2.23. The van der Waals surface area contributed by atoms with Crippen molar-refractivity contribution < 1.29 is 19.2 Å². The molecule has 0 bridgehead atoms. The Morgan fingerprint density at radius 2 is 1.70 bits per heavy atom. The molecule has 0 spiro atoms. The summed E-state index contributed by atoms with van der Waals surface area (Å²) >= 11 is 0. The van der Waals surface area contributed by atoms with Gasteiger partial charge in [-0.05, 0) is 25.2 Å². The van der Waals surface area contributed by atoms with Crippen molar-refractivity contribution in [1.82, 2.24) is 10.6 Å². The Morgan fingerprint density at radius 1 is 1.07 bits per heavy atom. The number of primary amides is 1. The molecule has 0 radical (unpaired) electrons. The van der Waals surface area contributed by atoms with Crippen LogP contribution in [0.2, 0.25) is 0 Å². The highest BCUT2D eigenvalue weighted by Gasteiger charge is 2.26. The number of guanidine groups is 1. The van der Waals surface area contributed by atoms with E-state index in [-0.39, 0.29) is 18.3 Å².